The van der Waals surface area contributed by atoms with Crippen molar-refractivity contribution in [3.8, 4) is 0 Å². The predicted molar refractivity (Wildman–Crippen MR) is 71.5 cm³/mol. The number of hydrogen-bond acceptors (Lipinski definition) is 4. The van der Waals surface area contributed by atoms with Crippen molar-refractivity contribution < 1.29 is 9.59 Å². The number of amides is 2. The van der Waals surface area contributed by atoms with E-state index in [2.05, 4.69) is 20.9 Å². The maximum Gasteiger partial charge on any atom is 0.237 e. The Morgan fingerprint density at radius 1 is 1.47 bits per heavy atom. The molecule has 0 radical (unpaired) electrons. The van der Waals surface area contributed by atoms with Gasteiger partial charge in [-0.15, -0.1) is 0 Å². The van der Waals surface area contributed by atoms with Crippen molar-refractivity contribution in [2.75, 3.05) is 18.4 Å². The molecule has 2 heterocycles. The number of hydrogen-bond donors (Lipinski definition) is 3. The summed E-state index contributed by atoms with van der Waals surface area (Å²) in [5.74, 6) is -0.153. The molecule has 6 heteroatoms. The first-order valence-electron chi connectivity index (χ1n) is 6.46. The van der Waals surface area contributed by atoms with E-state index in [0.717, 1.165) is 19.4 Å². The zero-order chi connectivity index (χ0) is 13.5. The summed E-state index contributed by atoms with van der Waals surface area (Å²) in [6, 6.07) is 3.43. The smallest absolute Gasteiger partial charge is 0.237 e. The maximum atomic E-state index is 11.7. The van der Waals surface area contributed by atoms with Crippen LogP contribution in [0.1, 0.15) is 19.3 Å². The zero-order valence-corrected chi connectivity index (χ0v) is 10.7. The number of carbonyl (C=O) groups is 2. The van der Waals surface area contributed by atoms with Crippen molar-refractivity contribution in [1.29, 1.82) is 0 Å². The summed E-state index contributed by atoms with van der Waals surface area (Å²) in [5, 5.41) is 8.59. The monoisotopic (exact) mass is 262 g/mol. The number of nitrogens with zero attached hydrogens (tertiary/aromatic N) is 1. The molecule has 1 atom stereocenters. The molecule has 6 nitrogen and oxygen atoms in total. The van der Waals surface area contributed by atoms with Crippen LogP contribution in [0.4, 0.5) is 5.69 Å². The largest absolute Gasteiger partial charge is 0.354 e. The van der Waals surface area contributed by atoms with Crippen LogP contribution in [0.2, 0.25) is 0 Å². The Labute approximate surface area is 112 Å². The molecule has 0 spiro atoms. The lowest BCUT2D eigenvalue weighted by Crippen LogP contribution is -2.41. The van der Waals surface area contributed by atoms with Crippen molar-refractivity contribution >= 4 is 17.5 Å². The third-order valence-corrected chi connectivity index (χ3v) is 2.97. The molecular weight excluding hydrogens is 244 g/mol. The Bertz CT molecular complexity index is 430. The zero-order valence-electron chi connectivity index (χ0n) is 10.7. The van der Waals surface area contributed by atoms with Gasteiger partial charge in [0.15, 0.2) is 0 Å². The number of nitrogens with one attached hydrogen (secondary N) is 3. The van der Waals surface area contributed by atoms with Crippen LogP contribution in [-0.4, -0.2) is 35.9 Å². The third kappa shape index (κ3) is 4.33. The van der Waals surface area contributed by atoms with Gasteiger partial charge in [-0.2, -0.15) is 0 Å². The first kappa shape index (κ1) is 13.5. The van der Waals surface area contributed by atoms with Crippen molar-refractivity contribution in [2.45, 2.75) is 25.3 Å². The standard InChI is InChI=1S/C13H18N4O2/c18-12(17-10-3-1-6-14-9-10)5-8-16-13(19)11-4-2-7-15-11/h1,3,6,9,11,15H,2,4-5,7-8H2,(H,16,19)(H,17,18). The highest BCUT2D eigenvalue weighted by molar-refractivity contribution is 5.91. The van der Waals surface area contributed by atoms with Gasteiger partial charge in [-0.3, -0.25) is 14.6 Å². The average Bonchev–Trinajstić information content (AvgIpc) is 2.93. The molecule has 0 aromatic carbocycles. The summed E-state index contributed by atoms with van der Waals surface area (Å²) >= 11 is 0. The van der Waals surface area contributed by atoms with Crippen LogP contribution >= 0.6 is 0 Å². The quantitative estimate of drug-likeness (QED) is 0.711. The highest BCUT2D eigenvalue weighted by Crippen LogP contribution is 2.05. The molecule has 1 saturated heterocycles. The van der Waals surface area contributed by atoms with Gasteiger partial charge in [-0.25, -0.2) is 0 Å². The lowest BCUT2D eigenvalue weighted by Gasteiger charge is -2.10. The van der Waals surface area contributed by atoms with E-state index < -0.39 is 0 Å². The van der Waals surface area contributed by atoms with Crippen LogP contribution in [-0.2, 0) is 9.59 Å². The van der Waals surface area contributed by atoms with Crippen molar-refractivity contribution in [2.24, 2.45) is 0 Å². The molecule has 1 aliphatic rings. The fraction of sp³-hybridized carbons (Fsp3) is 0.462. The van der Waals surface area contributed by atoms with Crippen LogP contribution in [0.25, 0.3) is 0 Å². The molecular formula is C13H18N4O2. The van der Waals surface area contributed by atoms with Gasteiger partial charge < -0.3 is 16.0 Å². The van der Waals surface area contributed by atoms with Gasteiger partial charge >= 0.3 is 0 Å². The molecule has 0 bridgehead atoms. The molecule has 0 saturated carbocycles. The van der Waals surface area contributed by atoms with E-state index in [1.54, 1.807) is 24.5 Å². The summed E-state index contributed by atoms with van der Waals surface area (Å²) in [7, 11) is 0. The molecule has 2 amide bonds. The Hall–Kier alpha value is -1.95. The first-order valence-corrected chi connectivity index (χ1v) is 6.46. The van der Waals surface area contributed by atoms with Gasteiger partial charge in [0.05, 0.1) is 17.9 Å². The van der Waals surface area contributed by atoms with E-state index in [-0.39, 0.29) is 24.3 Å². The second-order valence-corrected chi connectivity index (χ2v) is 4.48. The van der Waals surface area contributed by atoms with Crippen LogP contribution in [0, 0.1) is 0 Å². The second-order valence-electron chi connectivity index (χ2n) is 4.48. The van der Waals surface area contributed by atoms with Gasteiger partial charge in [-0.1, -0.05) is 0 Å². The molecule has 102 valence electrons. The number of anilines is 1. The number of rotatable bonds is 5. The first-order chi connectivity index (χ1) is 9.25. The summed E-state index contributed by atoms with van der Waals surface area (Å²) in [4.78, 5) is 27.2. The average molecular weight is 262 g/mol. The highest BCUT2D eigenvalue weighted by atomic mass is 16.2. The fourth-order valence-corrected chi connectivity index (χ4v) is 1.99. The third-order valence-electron chi connectivity index (χ3n) is 2.97. The van der Waals surface area contributed by atoms with E-state index >= 15 is 0 Å². The Morgan fingerprint density at radius 3 is 3.05 bits per heavy atom. The fourth-order valence-electron chi connectivity index (χ4n) is 1.99. The van der Waals surface area contributed by atoms with Gasteiger partial charge in [0.25, 0.3) is 0 Å². The molecule has 1 unspecified atom stereocenters. The minimum absolute atomic E-state index is 0.0216. The number of pyridine rings is 1. The highest BCUT2D eigenvalue weighted by Gasteiger charge is 2.21. The molecule has 3 N–H and O–H groups in total. The molecule has 1 aromatic heterocycles. The van der Waals surface area contributed by atoms with Crippen molar-refractivity contribution in [3.05, 3.63) is 24.5 Å². The summed E-state index contributed by atoms with van der Waals surface area (Å²) in [6.07, 6.45) is 5.38. The second kappa shape index (κ2) is 6.84. The van der Waals surface area contributed by atoms with Gasteiger partial charge in [0.2, 0.25) is 11.8 Å². The lowest BCUT2D eigenvalue weighted by atomic mass is 10.2. The molecule has 0 aliphatic carbocycles. The van der Waals surface area contributed by atoms with E-state index in [0.29, 0.717) is 12.2 Å². The van der Waals surface area contributed by atoms with Crippen LogP contribution in [0.3, 0.4) is 0 Å². The van der Waals surface area contributed by atoms with E-state index in [4.69, 9.17) is 0 Å². The maximum absolute atomic E-state index is 11.7. The summed E-state index contributed by atoms with van der Waals surface area (Å²) in [6.45, 7) is 1.24. The van der Waals surface area contributed by atoms with E-state index in [1.807, 2.05) is 0 Å². The van der Waals surface area contributed by atoms with E-state index in [9.17, 15) is 9.59 Å². The topological polar surface area (TPSA) is 83.1 Å². The molecule has 1 aromatic rings. The number of carbonyl (C=O) groups excluding carboxylic acids is 2. The Morgan fingerprint density at radius 2 is 2.37 bits per heavy atom. The molecule has 1 aliphatic heterocycles. The summed E-state index contributed by atoms with van der Waals surface area (Å²) in [5.41, 5.74) is 0.663. The lowest BCUT2D eigenvalue weighted by molar-refractivity contribution is -0.122. The minimum atomic E-state index is -0.132. The Kier molecular flexibility index (Phi) is 4.85. The minimum Gasteiger partial charge on any atom is -0.354 e. The van der Waals surface area contributed by atoms with Crippen LogP contribution in [0.15, 0.2) is 24.5 Å². The van der Waals surface area contributed by atoms with Crippen LogP contribution in [0.5, 0.6) is 0 Å². The van der Waals surface area contributed by atoms with Crippen molar-refractivity contribution in [1.82, 2.24) is 15.6 Å². The predicted octanol–water partition coefficient (Wildman–Crippen LogP) is 0.278. The van der Waals surface area contributed by atoms with Crippen molar-refractivity contribution in [3.63, 3.8) is 0 Å². The van der Waals surface area contributed by atoms with Crippen LogP contribution < -0.4 is 16.0 Å². The van der Waals surface area contributed by atoms with Gasteiger partial charge in [0, 0.05) is 19.2 Å². The van der Waals surface area contributed by atoms with E-state index in [1.165, 1.54) is 0 Å². The molecule has 19 heavy (non-hydrogen) atoms. The molecule has 1 fully saturated rings. The van der Waals surface area contributed by atoms with Gasteiger partial charge in [-0.05, 0) is 31.5 Å². The number of aromatic nitrogens is 1. The normalized spacial score (nSPS) is 18.0. The SMILES string of the molecule is O=C(CCNC(=O)C1CCCN1)Nc1cccnc1. The molecule has 2 rings (SSSR count). The summed E-state index contributed by atoms with van der Waals surface area (Å²) < 4.78 is 0. The van der Waals surface area contributed by atoms with Gasteiger partial charge in [0.1, 0.15) is 0 Å². The Balaban J connectivity index is 1.65.